The van der Waals surface area contributed by atoms with Crippen LogP contribution in [0.25, 0.3) is 12.2 Å². The molecule has 0 N–H and O–H groups in total. The van der Waals surface area contributed by atoms with Crippen LogP contribution in [0.15, 0.2) is 28.8 Å². The summed E-state index contributed by atoms with van der Waals surface area (Å²) in [6, 6.07) is 8.15. The number of nitrogens with zero attached hydrogens (tertiary/aromatic N) is 3. The van der Waals surface area contributed by atoms with E-state index in [1.165, 1.54) is 18.5 Å². The molecule has 6 heteroatoms. The summed E-state index contributed by atoms with van der Waals surface area (Å²) in [5.41, 5.74) is 2.39. The van der Waals surface area contributed by atoms with Crippen LogP contribution < -0.4 is 4.90 Å². The maximum absolute atomic E-state index is 11.0. The van der Waals surface area contributed by atoms with Gasteiger partial charge in [0, 0.05) is 18.8 Å². The zero-order valence-electron chi connectivity index (χ0n) is 12.4. The van der Waals surface area contributed by atoms with Gasteiger partial charge in [-0.15, -0.1) is 0 Å². The normalized spacial score (nSPS) is 14.9. The van der Waals surface area contributed by atoms with Gasteiger partial charge in [-0.2, -0.15) is 0 Å². The molecule has 3 rings (SSSR count). The van der Waals surface area contributed by atoms with Crippen LogP contribution in [0.5, 0.6) is 0 Å². The van der Waals surface area contributed by atoms with E-state index in [-0.39, 0.29) is 17.1 Å². The Kier molecular flexibility index (Phi) is 3.91. The average molecular weight is 299 g/mol. The smallest absolute Gasteiger partial charge is 0.338 e. The molecule has 2 heterocycles. The Morgan fingerprint density at radius 2 is 1.91 bits per heavy atom. The molecule has 1 fully saturated rings. The monoisotopic (exact) mass is 299 g/mol. The third-order valence-corrected chi connectivity index (χ3v) is 3.83. The van der Waals surface area contributed by atoms with Crippen LogP contribution in [-0.4, -0.2) is 23.2 Å². The highest BCUT2D eigenvalue weighted by atomic mass is 16.6. The molecule has 2 aromatic rings. The number of benzene rings is 1. The second kappa shape index (κ2) is 6.01. The molecule has 0 radical (unpaired) electrons. The van der Waals surface area contributed by atoms with Crippen LogP contribution in [0.1, 0.15) is 29.9 Å². The van der Waals surface area contributed by atoms with E-state index in [0.29, 0.717) is 0 Å². The summed E-state index contributed by atoms with van der Waals surface area (Å²) < 4.78 is 5.00. The Balaban J connectivity index is 1.77. The minimum atomic E-state index is -0.470. The van der Waals surface area contributed by atoms with Gasteiger partial charge in [-0.25, -0.2) is 0 Å². The molecule has 1 aliphatic rings. The molecule has 0 unspecified atom stereocenters. The summed E-state index contributed by atoms with van der Waals surface area (Å²) in [5.74, 6) is 0.172. The highest BCUT2D eigenvalue weighted by Crippen LogP contribution is 2.25. The van der Waals surface area contributed by atoms with Crippen LogP contribution in [0.2, 0.25) is 0 Å². The van der Waals surface area contributed by atoms with Crippen molar-refractivity contribution in [1.29, 1.82) is 0 Å². The first-order valence-corrected chi connectivity index (χ1v) is 7.29. The molecule has 6 nitrogen and oxygen atoms in total. The Morgan fingerprint density at radius 1 is 1.23 bits per heavy atom. The molecule has 1 aliphatic heterocycles. The molecule has 0 amide bonds. The van der Waals surface area contributed by atoms with E-state index in [1.54, 1.807) is 19.1 Å². The first-order valence-electron chi connectivity index (χ1n) is 7.29. The van der Waals surface area contributed by atoms with Crippen molar-refractivity contribution in [3.05, 3.63) is 51.4 Å². The van der Waals surface area contributed by atoms with Crippen LogP contribution in [0.3, 0.4) is 0 Å². The van der Waals surface area contributed by atoms with Gasteiger partial charge in [0.25, 0.3) is 0 Å². The van der Waals surface area contributed by atoms with Crippen molar-refractivity contribution in [2.75, 3.05) is 18.0 Å². The summed E-state index contributed by atoms with van der Waals surface area (Å²) in [4.78, 5) is 12.9. The molecule has 1 saturated heterocycles. The van der Waals surface area contributed by atoms with Crippen LogP contribution >= 0.6 is 0 Å². The van der Waals surface area contributed by atoms with E-state index in [0.717, 1.165) is 18.7 Å². The molecule has 0 spiro atoms. The number of anilines is 1. The molecular formula is C16H17N3O3. The lowest BCUT2D eigenvalue weighted by molar-refractivity contribution is -0.386. The molecule has 0 aliphatic carbocycles. The quantitative estimate of drug-likeness (QED) is 0.636. The highest BCUT2D eigenvalue weighted by molar-refractivity contribution is 5.72. The second-order valence-corrected chi connectivity index (χ2v) is 5.36. The lowest BCUT2D eigenvalue weighted by atomic mass is 10.1. The third kappa shape index (κ3) is 2.86. The lowest BCUT2D eigenvalue weighted by Gasteiger charge is -2.17. The van der Waals surface area contributed by atoms with Crippen LogP contribution in [0.4, 0.5) is 11.4 Å². The first-order chi connectivity index (χ1) is 10.6. The molecular weight excluding hydrogens is 282 g/mol. The summed E-state index contributed by atoms with van der Waals surface area (Å²) in [6.45, 7) is 3.78. The van der Waals surface area contributed by atoms with Gasteiger partial charge in [0.15, 0.2) is 5.69 Å². The Hall–Kier alpha value is -2.63. The standard InChI is InChI=1S/C16H17N3O3/c1-12-16(19(20)21)15(22-17-12)9-6-13-4-7-14(8-5-13)18-10-2-3-11-18/h4-9H,2-3,10-11H2,1H3. The fraction of sp³-hybridized carbons (Fsp3) is 0.312. The Bertz CT molecular complexity index is 698. The van der Waals surface area contributed by atoms with E-state index < -0.39 is 4.92 Å². The fourth-order valence-corrected chi connectivity index (χ4v) is 2.66. The number of aromatic nitrogens is 1. The minimum absolute atomic E-state index is 0.0788. The largest absolute Gasteiger partial charge is 0.372 e. The van der Waals surface area contributed by atoms with Gasteiger partial charge < -0.3 is 9.42 Å². The Labute approximate surface area is 128 Å². The molecule has 1 aromatic carbocycles. The molecule has 114 valence electrons. The van der Waals surface area contributed by atoms with Gasteiger partial charge in [0.05, 0.1) is 4.92 Å². The van der Waals surface area contributed by atoms with Crippen molar-refractivity contribution < 1.29 is 9.45 Å². The van der Waals surface area contributed by atoms with Crippen LogP contribution in [-0.2, 0) is 0 Å². The van der Waals surface area contributed by atoms with Crippen molar-refractivity contribution in [3.63, 3.8) is 0 Å². The zero-order chi connectivity index (χ0) is 15.5. The number of nitro groups is 1. The van der Waals surface area contributed by atoms with Crippen molar-refractivity contribution in [1.82, 2.24) is 5.16 Å². The summed E-state index contributed by atoms with van der Waals surface area (Å²) in [7, 11) is 0. The van der Waals surface area contributed by atoms with Gasteiger partial charge in [0.2, 0.25) is 5.76 Å². The van der Waals surface area contributed by atoms with Crippen molar-refractivity contribution in [2.24, 2.45) is 0 Å². The molecule has 0 atom stereocenters. The number of hydrogen-bond acceptors (Lipinski definition) is 5. The number of aryl methyl sites for hydroxylation is 1. The average Bonchev–Trinajstić information content (AvgIpc) is 3.15. The SMILES string of the molecule is Cc1noc(C=Cc2ccc(N3CCCC3)cc2)c1[N+](=O)[O-]. The van der Waals surface area contributed by atoms with Crippen molar-refractivity contribution in [2.45, 2.75) is 19.8 Å². The van der Waals surface area contributed by atoms with E-state index in [1.807, 2.05) is 12.1 Å². The maximum atomic E-state index is 11.0. The topological polar surface area (TPSA) is 72.4 Å². The van der Waals surface area contributed by atoms with Crippen molar-refractivity contribution in [3.8, 4) is 0 Å². The van der Waals surface area contributed by atoms with Crippen molar-refractivity contribution >= 4 is 23.5 Å². The second-order valence-electron chi connectivity index (χ2n) is 5.36. The lowest BCUT2D eigenvalue weighted by Crippen LogP contribution is -2.17. The summed E-state index contributed by atoms with van der Waals surface area (Å²) in [5, 5.41) is 14.6. The zero-order valence-corrected chi connectivity index (χ0v) is 12.4. The predicted octanol–water partition coefficient (Wildman–Crippen LogP) is 3.66. The Morgan fingerprint density at radius 3 is 2.55 bits per heavy atom. The molecule has 1 aromatic heterocycles. The molecule has 0 bridgehead atoms. The first kappa shape index (κ1) is 14.3. The fourth-order valence-electron chi connectivity index (χ4n) is 2.66. The predicted molar refractivity (Wildman–Crippen MR) is 84.7 cm³/mol. The summed E-state index contributed by atoms with van der Waals surface area (Å²) in [6.07, 6.45) is 5.87. The highest BCUT2D eigenvalue weighted by Gasteiger charge is 2.21. The molecule has 0 saturated carbocycles. The van der Waals surface area contributed by atoms with Crippen LogP contribution in [0, 0.1) is 17.0 Å². The van der Waals surface area contributed by atoms with E-state index in [9.17, 15) is 10.1 Å². The van der Waals surface area contributed by atoms with E-state index in [4.69, 9.17) is 4.52 Å². The summed E-state index contributed by atoms with van der Waals surface area (Å²) >= 11 is 0. The number of rotatable bonds is 4. The van der Waals surface area contributed by atoms with Gasteiger partial charge in [-0.05, 0) is 43.5 Å². The van der Waals surface area contributed by atoms with Gasteiger partial charge >= 0.3 is 5.69 Å². The van der Waals surface area contributed by atoms with Gasteiger partial charge in [-0.3, -0.25) is 10.1 Å². The van der Waals surface area contributed by atoms with Gasteiger partial charge in [0.1, 0.15) is 0 Å². The minimum Gasteiger partial charge on any atom is -0.372 e. The number of hydrogen-bond donors (Lipinski definition) is 0. The van der Waals surface area contributed by atoms with E-state index in [2.05, 4.69) is 22.2 Å². The maximum Gasteiger partial charge on any atom is 0.338 e. The van der Waals surface area contributed by atoms with Gasteiger partial charge in [-0.1, -0.05) is 23.4 Å². The molecule has 22 heavy (non-hydrogen) atoms. The van der Waals surface area contributed by atoms with E-state index >= 15 is 0 Å². The third-order valence-electron chi connectivity index (χ3n) is 3.83.